The van der Waals surface area contributed by atoms with Crippen molar-refractivity contribution in [3.8, 4) is 0 Å². The van der Waals surface area contributed by atoms with E-state index in [2.05, 4.69) is 88.4 Å². The lowest BCUT2D eigenvalue weighted by molar-refractivity contribution is 0.00470. The first kappa shape index (κ1) is 32.1. The van der Waals surface area contributed by atoms with Gasteiger partial charge in [0.25, 0.3) is 0 Å². The second kappa shape index (κ2) is 16.1. The fourth-order valence-corrected chi connectivity index (χ4v) is 12.5. The molecule has 0 spiro atoms. The molecule has 2 N–H and O–H groups in total. The Morgan fingerprint density at radius 2 is 1.28 bits per heavy atom. The molecule has 1 fully saturated rings. The van der Waals surface area contributed by atoms with Crippen LogP contribution in [0.25, 0.3) is 0 Å². The lowest BCUT2D eigenvalue weighted by atomic mass is 10.0. The summed E-state index contributed by atoms with van der Waals surface area (Å²) >= 11 is 0. The molecular formula is C35H56O3Si. The van der Waals surface area contributed by atoms with Crippen LogP contribution in [0.4, 0.5) is 0 Å². The van der Waals surface area contributed by atoms with E-state index in [-0.39, 0.29) is 5.04 Å². The van der Waals surface area contributed by atoms with Gasteiger partial charge in [0, 0.05) is 13.2 Å². The molecule has 4 heteroatoms. The minimum absolute atomic E-state index is 0.170. The second-order valence-corrected chi connectivity index (χ2v) is 18.0. The van der Waals surface area contributed by atoms with Crippen molar-refractivity contribution in [2.75, 3.05) is 13.2 Å². The Kier molecular flexibility index (Phi) is 13.2. The Morgan fingerprint density at radius 3 is 1.85 bits per heavy atom. The predicted octanol–water partition coefficient (Wildman–Crippen LogP) is 7.35. The third kappa shape index (κ3) is 9.55. The zero-order valence-electron chi connectivity index (χ0n) is 25.3. The minimum Gasteiger partial charge on any atom is -0.390 e. The van der Waals surface area contributed by atoms with Gasteiger partial charge in [0.15, 0.2) is 0 Å². The third-order valence-electron chi connectivity index (χ3n) is 9.12. The molecule has 4 atom stereocenters. The maximum atomic E-state index is 10.8. The van der Waals surface area contributed by atoms with Crippen molar-refractivity contribution >= 4 is 18.4 Å². The smallest absolute Gasteiger partial charge is 0.123 e. The summed E-state index contributed by atoms with van der Waals surface area (Å²) in [5, 5.41) is 24.7. The van der Waals surface area contributed by atoms with Gasteiger partial charge in [-0.1, -0.05) is 137 Å². The van der Waals surface area contributed by atoms with Gasteiger partial charge in [0.2, 0.25) is 0 Å². The molecule has 3 nitrogen and oxygen atoms in total. The molecule has 2 aromatic rings. The summed E-state index contributed by atoms with van der Waals surface area (Å²) in [6.07, 6.45) is 10.8. The van der Waals surface area contributed by atoms with Crippen molar-refractivity contribution in [3.63, 3.8) is 0 Å². The Bertz CT molecular complexity index is 871. The van der Waals surface area contributed by atoms with Crippen LogP contribution in [0.1, 0.15) is 98.3 Å². The number of unbranched alkanes of at least 4 members (excludes halogenated alkanes) is 6. The number of ether oxygens (including phenoxy) is 1. The molecule has 218 valence electrons. The predicted molar refractivity (Wildman–Crippen MR) is 169 cm³/mol. The van der Waals surface area contributed by atoms with E-state index in [4.69, 9.17) is 4.74 Å². The fourth-order valence-electron chi connectivity index (χ4n) is 6.54. The quantitative estimate of drug-likeness (QED) is 0.142. The molecule has 0 amide bonds. The third-order valence-corrected chi connectivity index (χ3v) is 15.5. The van der Waals surface area contributed by atoms with Crippen LogP contribution in [-0.2, 0) is 4.74 Å². The summed E-state index contributed by atoms with van der Waals surface area (Å²) in [6.45, 7) is 11.3. The van der Waals surface area contributed by atoms with Crippen LogP contribution in [0.2, 0.25) is 11.1 Å². The van der Waals surface area contributed by atoms with Crippen molar-refractivity contribution in [2.24, 2.45) is 11.8 Å². The minimum atomic E-state index is -2.07. The van der Waals surface area contributed by atoms with Crippen LogP contribution < -0.4 is 10.4 Å². The molecule has 0 bridgehead atoms. The number of benzene rings is 2. The van der Waals surface area contributed by atoms with E-state index < -0.39 is 20.3 Å². The van der Waals surface area contributed by atoms with Gasteiger partial charge in [-0.15, -0.1) is 0 Å². The highest BCUT2D eigenvalue weighted by molar-refractivity contribution is 7.04. The summed E-state index contributed by atoms with van der Waals surface area (Å²) < 4.78 is 5.63. The number of hydrogen-bond donors (Lipinski definition) is 2. The van der Waals surface area contributed by atoms with E-state index >= 15 is 0 Å². The Morgan fingerprint density at radius 1 is 0.744 bits per heavy atom. The average molecular weight is 553 g/mol. The molecular weight excluding hydrogens is 496 g/mol. The van der Waals surface area contributed by atoms with Crippen LogP contribution in [0.15, 0.2) is 60.7 Å². The van der Waals surface area contributed by atoms with Crippen molar-refractivity contribution in [1.82, 2.24) is 0 Å². The molecule has 0 aliphatic heterocycles. The molecule has 0 heterocycles. The van der Waals surface area contributed by atoms with Crippen LogP contribution in [0.3, 0.4) is 0 Å². The van der Waals surface area contributed by atoms with Gasteiger partial charge >= 0.3 is 0 Å². The highest BCUT2D eigenvalue weighted by Crippen LogP contribution is 2.51. The van der Waals surface area contributed by atoms with Gasteiger partial charge in [-0.2, -0.15) is 0 Å². The first-order chi connectivity index (χ1) is 18.8. The maximum Gasteiger partial charge on any atom is 0.123 e. The van der Waals surface area contributed by atoms with E-state index in [1.165, 1.54) is 48.5 Å². The normalized spacial score (nSPS) is 19.1. The topological polar surface area (TPSA) is 49.7 Å². The van der Waals surface area contributed by atoms with Gasteiger partial charge in [0.05, 0.1) is 12.2 Å². The lowest BCUT2D eigenvalue weighted by Gasteiger charge is -2.44. The van der Waals surface area contributed by atoms with Gasteiger partial charge in [0.1, 0.15) is 8.07 Å². The van der Waals surface area contributed by atoms with Gasteiger partial charge in [-0.05, 0) is 55.0 Å². The molecule has 0 unspecified atom stereocenters. The molecule has 1 aliphatic rings. The number of aliphatic hydroxyl groups excluding tert-OH is 2. The molecule has 0 aromatic heterocycles. The van der Waals surface area contributed by atoms with Crippen LogP contribution in [0, 0.1) is 11.8 Å². The van der Waals surface area contributed by atoms with Crippen molar-refractivity contribution < 1.29 is 14.9 Å². The summed E-state index contributed by atoms with van der Waals surface area (Å²) in [5.41, 5.74) is 0. The Labute approximate surface area is 240 Å². The second-order valence-electron chi connectivity index (χ2n) is 13.1. The first-order valence-electron chi connectivity index (χ1n) is 15.8. The maximum absolute atomic E-state index is 10.8. The lowest BCUT2D eigenvalue weighted by Crippen LogP contribution is -2.64. The summed E-state index contributed by atoms with van der Waals surface area (Å²) in [7, 11) is -2.07. The van der Waals surface area contributed by atoms with E-state index in [1.54, 1.807) is 0 Å². The average Bonchev–Trinajstić information content (AvgIpc) is 3.67. The fraction of sp³-hybridized carbons (Fsp3) is 0.657. The Hall–Kier alpha value is -1.46. The van der Waals surface area contributed by atoms with Gasteiger partial charge in [-0.25, -0.2) is 0 Å². The molecule has 0 radical (unpaired) electrons. The molecule has 3 rings (SSSR count). The van der Waals surface area contributed by atoms with Gasteiger partial charge in [-0.3, -0.25) is 0 Å². The summed E-state index contributed by atoms with van der Waals surface area (Å²) in [4.78, 5) is 0. The monoisotopic (exact) mass is 552 g/mol. The van der Waals surface area contributed by atoms with Crippen molar-refractivity contribution in [1.29, 1.82) is 0 Å². The number of rotatable bonds is 19. The number of aliphatic hydroxyl groups is 2. The molecule has 1 saturated carbocycles. The van der Waals surface area contributed by atoms with Crippen LogP contribution in [0.5, 0.6) is 0 Å². The number of hydrogen-bond acceptors (Lipinski definition) is 3. The van der Waals surface area contributed by atoms with Gasteiger partial charge < -0.3 is 14.9 Å². The summed E-state index contributed by atoms with van der Waals surface area (Å²) in [5.74, 6) is 1.15. The zero-order chi connectivity index (χ0) is 28.1. The Balaban J connectivity index is 1.45. The van der Waals surface area contributed by atoms with Crippen LogP contribution in [-0.4, -0.2) is 43.7 Å². The van der Waals surface area contributed by atoms with Crippen LogP contribution >= 0.6 is 0 Å². The molecule has 0 saturated heterocycles. The SMILES string of the molecule is CCCCOCCCCCCCC[C@@H](O)[C@@H](O)C[C@@H]1C[C@@H]1C[Si](c1ccccc1)(c1ccccc1)C(C)(C)C. The van der Waals surface area contributed by atoms with Crippen molar-refractivity contribution in [3.05, 3.63) is 60.7 Å². The largest absolute Gasteiger partial charge is 0.390 e. The highest BCUT2D eigenvalue weighted by atomic mass is 28.3. The van der Waals surface area contributed by atoms with E-state index in [0.29, 0.717) is 18.3 Å². The first-order valence-corrected chi connectivity index (χ1v) is 18.0. The molecule has 39 heavy (non-hydrogen) atoms. The molecule has 1 aliphatic carbocycles. The summed E-state index contributed by atoms with van der Waals surface area (Å²) in [6, 6.07) is 23.6. The highest BCUT2D eigenvalue weighted by Gasteiger charge is 2.53. The molecule has 2 aromatic carbocycles. The van der Waals surface area contributed by atoms with Crippen molar-refractivity contribution in [2.45, 2.75) is 122 Å². The van der Waals surface area contributed by atoms with E-state index in [9.17, 15) is 10.2 Å². The standard InChI is InChI=1S/C35H56O3Si/c1-5-6-24-38-25-18-10-8-7-9-17-23-33(36)34(37)27-29-26-30(29)28-39(35(2,3)4,31-19-13-11-14-20-31)32-21-15-12-16-22-32/h11-16,19-22,29-30,33-34,36-37H,5-10,17-18,23-28H2,1-4H3/t29-,30+,33+,34-/m0/s1. The van der Waals surface area contributed by atoms with E-state index in [1.807, 2.05) is 0 Å². The van der Waals surface area contributed by atoms with E-state index in [0.717, 1.165) is 45.3 Å². The zero-order valence-corrected chi connectivity index (χ0v) is 26.3.